The first kappa shape index (κ1) is 9.97. The number of unbranched alkanes of at least 4 members (excludes halogenated alkanes) is 1. The van der Waals surface area contributed by atoms with Gasteiger partial charge in [0.15, 0.2) is 0 Å². The Bertz CT molecular complexity index is 454. The molecule has 0 atom stereocenters. The van der Waals surface area contributed by atoms with Crippen molar-refractivity contribution in [3.8, 4) is 0 Å². The first-order valence-corrected chi connectivity index (χ1v) is 5.47. The molecule has 2 nitrogen and oxygen atoms in total. The molecule has 0 saturated carbocycles. The summed E-state index contributed by atoms with van der Waals surface area (Å²) in [6.45, 7) is 3.11. The molecule has 0 aliphatic rings. The summed E-state index contributed by atoms with van der Waals surface area (Å²) in [6, 6.07) is 8.35. The van der Waals surface area contributed by atoms with Crippen molar-refractivity contribution in [2.45, 2.75) is 19.8 Å². The van der Waals surface area contributed by atoms with Gasteiger partial charge in [-0.2, -0.15) is 0 Å². The average molecular weight is 200 g/mol. The number of aromatic amines is 1. The largest absolute Gasteiger partial charge is 0.361 e. The lowest BCUT2D eigenvalue weighted by molar-refractivity contribution is 0.810. The van der Waals surface area contributed by atoms with Crippen LogP contribution in [0.1, 0.15) is 25.3 Å². The van der Waals surface area contributed by atoms with Crippen LogP contribution in [0.4, 0.5) is 0 Å². The molecular weight excluding hydrogens is 184 g/mol. The zero-order chi connectivity index (χ0) is 10.5. The van der Waals surface area contributed by atoms with E-state index in [1.807, 2.05) is 12.4 Å². The summed E-state index contributed by atoms with van der Waals surface area (Å²) in [7, 11) is 0. The van der Waals surface area contributed by atoms with Crippen LogP contribution in [0.2, 0.25) is 0 Å². The number of nitrogens with one attached hydrogen (secondary N) is 1. The number of benzene rings is 1. The van der Waals surface area contributed by atoms with E-state index in [4.69, 9.17) is 0 Å². The fourth-order valence-electron chi connectivity index (χ4n) is 1.63. The lowest BCUT2D eigenvalue weighted by Gasteiger charge is -1.96. The van der Waals surface area contributed by atoms with Gasteiger partial charge < -0.3 is 4.98 Å². The summed E-state index contributed by atoms with van der Waals surface area (Å²) < 4.78 is 0. The third-order valence-electron chi connectivity index (χ3n) is 2.49. The van der Waals surface area contributed by atoms with E-state index in [1.165, 1.54) is 22.9 Å². The van der Waals surface area contributed by atoms with Gasteiger partial charge in [0.25, 0.3) is 0 Å². The summed E-state index contributed by atoms with van der Waals surface area (Å²) in [5.41, 5.74) is 2.35. The Morgan fingerprint density at radius 3 is 3.13 bits per heavy atom. The summed E-state index contributed by atoms with van der Waals surface area (Å²) in [5.74, 6) is 0. The molecule has 2 rings (SSSR count). The highest BCUT2D eigenvalue weighted by atomic mass is 14.7. The molecule has 78 valence electrons. The Balaban J connectivity index is 2.20. The zero-order valence-electron chi connectivity index (χ0n) is 9.03. The van der Waals surface area contributed by atoms with Gasteiger partial charge in [0.1, 0.15) is 0 Å². The molecule has 0 bridgehead atoms. The Labute approximate surface area is 90.0 Å². The number of fused-ring (bicyclic) bond motifs is 1. The number of nitrogens with zero attached hydrogens (tertiary/aromatic N) is 1. The molecule has 1 aromatic heterocycles. The Hall–Kier alpha value is -1.57. The fourth-order valence-corrected chi connectivity index (χ4v) is 1.63. The normalized spacial score (nSPS) is 11.5. The highest BCUT2D eigenvalue weighted by Gasteiger charge is 1.97. The van der Waals surface area contributed by atoms with Crippen LogP contribution < -0.4 is 0 Å². The molecule has 1 aromatic carbocycles. The van der Waals surface area contributed by atoms with E-state index in [2.05, 4.69) is 41.2 Å². The lowest BCUT2D eigenvalue weighted by atomic mass is 10.1. The molecule has 2 heteroatoms. The van der Waals surface area contributed by atoms with Crippen molar-refractivity contribution in [3.05, 3.63) is 36.0 Å². The van der Waals surface area contributed by atoms with Gasteiger partial charge in [-0.1, -0.05) is 31.5 Å². The van der Waals surface area contributed by atoms with Crippen LogP contribution in [0.15, 0.2) is 35.5 Å². The average Bonchev–Trinajstić information content (AvgIpc) is 2.73. The first-order chi connectivity index (χ1) is 7.42. The van der Waals surface area contributed by atoms with E-state index >= 15 is 0 Å². The number of aromatic nitrogens is 1. The highest BCUT2D eigenvalue weighted by molar-refractivity contribution is 5.97. The van der Waals surface area contributed by atoms with Crippen molar-refractivity contribution in [1.29, 1.82) is 0 Å². The maximum atomic E-state index is 4.42. The number of para-hydroxylation sites is 1. The maximum Gasteiger partial charge on any atom is 0.0542 e. The number of rotatable bonds is 4. The molecule has 0 amide bonds. The SMILES string of the molecule is CCCCN=Cc1cccc2cc[nH]c12. The quantitative estimate of drug-likeness (QED) is 0.579. The van der Waals surface area contributed by atoms with Crippen LogP contribution >= 0.6 is 0 Å². The summed E-state index contributed by atoms with van der Waals surface area (Å²) in [5, 5.41) is 1.24. The molecule has 0 unspecified atom stereocenters. The second kappa shape index (κ2) is 4.78. The standard InChI is InChI=1S/C13H16N2/c1-2-3-8-14-10-12-6-4-5-11-7-9-15-13(11)12/h4-7,9-10,15H,2-3,8H2,1H3. The van der Waals surface area contributed by atoms with Crippen LogP contribution in [0.3, 0.4) is 0 Å². The van der Waals surface area contributed by atoms with Crippen molar-refractivity contribution in [1.82, 2.24) is 4.98 Å². The Kier molecular flexibility index (Phi) is 3.18. The monoisotopic (exact) mass is 200 g/mol. The van der Waals surface area contributed by atoms with E-state index in [-0.39, 0.29) is 0 Å². The molecular formula is C13H16N2. The summed E-state index contributed by atoms with van der Waals surface area (Å²) in [4.78, 5) is 7.65. The molecule has 0 saturated heterocycles. The number of H-pyrrole nitrogens is 1. The molecule has 0 fully saturated rings. The van der Waals surface area contributed by atoms with Crippen molar-refractivity contribution in [2.24, 2.45) is 4.99 Å². The molecule has 2 aromatic rings. The van der Waals surface area contributed by atoms with Crippen molar-refractivity contribution in [3.63, 3.8) is 0 Å². The van der Waals surface area contributed by atoms with Crippen LogP contribution in [0.25, 0.3) is 10.9 Å². The minimum atomic E-state index is 0.924. The molecule has 15 heavy (non-hydrogen) atoms. The highest BCUT2D eigenvalue weighted by Crippen LogP contribution is 2.15. The predicted octanol–water partition coefficient (Wildman–Crippen LogP) is 3.39. The van der Waals surface area contributed by atoms with Gasteiger partial charge in [-0.3, -0.25) is 4.99 Å². The topological polar surface area (TPSA) is 28.1 Å². The van der Waals surface area contributed by atoms with Gasteiger partial charge in [0.05, 0.1) is 5.52 Å². The van der Waals surface area contributed by atoms with E-state index in [0.29, 0.717) is 0 Å². The fraction of sp³-hybridized carbons (Fsp3) is 0.308. The Morgan fingerprint density at radius 2 is 2.27 bits per heavy atom. The van der Waals surface area contributed by atoms with Gasteiger partial charge in [-0.05, 0) is 12.5 Å². The third-order valence-corrected chi connectivity index (χ3v) is 2.49. The molecule has 0 radical (unpaired) electrons. The van der Waals surface area contributed by atoms with Crippen molar-refractivity contribution >= 4 is 17.1 Å². The minimum absolute atomic E-state index is 0.924. The Morgan fingerprint density at radius 1 is 1.33 bits per heavy atom. The molecule has 1 N–H and O–H groups in total. The van der Waals surface area contributed by atoms with Crippen molar-refractivity contribution in [2.75, 3.05) is 6.54 Å². The van der Waals surface area contributed by atoms with Gasteiger partial charge in [0, 0.05) is 29.9 Å². The smallest absolute Gasteiger partial charge is 0.0542 e. The second-order valence-corrected chi connectivity index (χ2v) is 3.68. The van der Waals surface area contributed by atoms with Gasteiger partial charge in [-0.15, -0.1) is 0 Å². The number of aliphatic imine (C=N–C) groups is 1. The predicted molar refractivity (Wildman–Crippen MR) is 65.7 cm³/mol. The van der Waals surface area contributed by atoms with Gasteiger partial charge >= 0.3 is 0 Å². The number of hydrogen-bond acceptors (Lipinski definition) is 1. The summed E-state index contributed by atoms with van der Waals surface area (Å²) in [6.07, 6.45) is 6.30. The summed E-state index contributed by atoms with van der Waals surface area (Å²) >= 11 is 0. The zero-order valence-corrected chi connectivity index (χ0v) is 9.03. The van der Waals surface area contributed by atoms with E-state index < -0.39 is 0 Å². The van der Waals surface area contributed by atoms with E-state index in [9.17, 15) is 0 Å². The van der Waals surface area contributed by atoms with Crippen LogP contribution in [-0.2, 0) is 0 Å². The van der Waals surface area contributed by atoms with Gasteiger partial charge in [0.2, 0.25) is 0 Å². The molecule has 0 aliphatic heterocycles. The lowest BCUT2D eigenvalue weighted by Crippen LogP contribution is -1.86. The molecule has 0 aliphatic carbocycles. The maximum absolute atomic E-state index is 4.42. The molecule has 1 heterocycles. The van der Waals surface area contributed by atoms with E-state index in [0.717, 1.165) is 13.0 Å². The third kappa shape index (κ3) is 2.27. The van der Waals surface area contributed by atoms with Crippen LogP contribution in [0, 0.1) is 0 Å². The van der Waals surface area contributed by atoms with E-state index in [1.54, 1.807) is 0 Å². The molecule has 0 spiro atoms. The van der Waals surface area contributed by atoms with Gasteiger partial charge in [-0.25, -0.2) is 0 Å². The second-order valence-electron chi connectivity index (χ2n) is 3.68. The van der Waals surface area contributed by atoms with Crippen LogP contribution in [-0.4, -0.2) is 17.7 Å². The van der Waals surface area contributed by atoms with Crippen LogP contribution in [0.5, 0.6) is 0 Å². The van der Waals surface area contributed by atoms with Crippen molar-refractivity contribution < 1.29 is 0 Å². The first-order valence-electron chi connectivity index (χ1n) is 5.47. The number of hydrogen-bond donors (Lipinski definition) is 1. The minimum Gasteiger partial charge on any atom is -0.361 e.